The van der Waals surface area contributed by atoms with Crippen LogP contribution in [0.1, 0.15) is 23.2 Å². The maximum absolute atomic E-state index is 12.7. The Morgan fingerprint density at radius 2 is 2.07 bits per heavy atom. The maximum atomic E-state index is 12.7. The fourth-order valence-electron chi connectivity index (χ4n) is 2.56. The maximum Gasteiger partial charge on any atom is 0.277 e. The van der Waals surface area contributed by atoms with Gasteiger partial charge in [0, 0.05) is 19.8 Å². The number of aromatic nitrogens is 1. The second-order valence-corrected chi connectivity index (χ2v) is 9.31. The van der Waals surface area contributed by atoms with Crippen molar-refractivity contribution < 1.29 is 22.4 Å². The third-order valence-electron chi connectivity index (χ3n) is 4.00. The molecule has 0 fully saturated rings. The lowest BCUT2D eigenvalue weighted by atomic mass is 10.2. The zero-order valence-electron chi connectivity index (χ0n) is 16.4. The van der Waals surface area contributed by atoms with Crippen LogP contribution in [0, 0.1) is 6.92 Å². The molecule has 0 unspecified atom stereocenters. The molecule has 1 N–H and O–H groups in total. The van der Waals surface area contributed by atoms with Gasteiger partial charge in [-0.25, -0.2) is 17.7 Å². The van der Waals surface area contributed by atoms with Crippen molar-refractivity contribution in [2.45, 2.75) is 18.7 Å². The lowest BCUT2D eigenvalue weighted by molar-refractivity contribution is 0.102. The number of carbonyl (C=O) groups excluding carboxylic acids is 1. The Bertz CT molecular complexity index is 1120. The summed E-state index contributed by atoms with van der Waals surface area (Å²) >= 11 is 1.45. The molecule has 1 amide bonds. The first-order valence-electron chi connectivity index (χ1n) is 8.76. The van der Waals surface area contributed by atoms with Crippen molar-refractivity contribution in [2.75, 3.05) is 26.0 Å². The predicted molar refractivity (Wildman–Crippen MR) is 111 cm³/mol. The fraction of sp³-hybridized carbons (Fsp3) is 0.263. The molecule has 0 atom stereocenters. The number of nitrogens with zero attached hydrogens (tertiary/aromatic N) is 2. The summed E-state index contributed by atoms with van der Waals surface area (Å²) in [4.78, 5) is 17.8. The number of ether oxygens (including phenoxy) is 1. The van der Waals surface area contributed by atoms with Gasteiger partial charge in [0.2, 0.25) is 15.9 Å². The van der Waals surface area contributed by atoms with Gasteiger partial charge in [-0.15, -0.1) is 11.3 Å². The Morgan fingerprint density at radius 1 is 1.31 bits per heavy atom. The van der Waals surface area contributed by atoms with E-state index in [0.29, 0.717) is 23.9 Å². The van der Waals surface area contributed by atoms with Gasteiger partial charge in [0.25, 0.3) is 5.91 Å². The molecule has 8 nitrogen and oxygen atoms in total. The first-order chi connectivity index (χ1) is 13.7. The number of thiophene rings is 1. The highest BCUT2D eigenvalue weighted by Crippen LogP contribution is 2.30. The number of hydrogen-bond donors (Lipinski definition) is 1. The highest BCUT2D eigenvalue weighted by atomic mass is 32.2. The van der Waals surface area contributed by atoms with E-state index in [1.54, 1.807) is 19.9 Å². The molecule has 0 aliphatic heterocycles. The van der Waals surface area contributed by atoms with Crippen LogP contribution in [0.2, 0.25) is 0 Å². The summed E-state index contributed by atoms with van der Waals surface area (Å²) in [5.41, 5.74) is 0.443. The van der Waals surface area contributed by atoms with Crippen LogP contribution in [0.3, 0.4) is 0 Å². The highest BCUT2D eigenvalue weighted by Gasteiger charge is 2.24. The Kier molecular flexibility index (Phi) is 6.06. The second kappa shape index (κ2) is 8.36. The van der Waals surface area contributed by atoms with Gasteiger partial charge in [0.05, 0.1) is 11.5 Å². The first-order valence-corrected chi connectivity index (χ1v) is 11.1. The van der Waals surface area contributed by atoms with E-state index in [-0.39, 0.29) is 16.3 Å². The molecule has 29 heavy (non-hydrogen) atoms. The van der Waals surface area contributed by atoms with Gasteiger partial charge in [0.1, 0.15) is 16.4 Å². The van der Waals surface area contributed by atoms with Crippen molar-refractivity contribution in [3.8, 4) is 16.5 Å². The molecule has 3 rings (SSSR count). The third-order valence-corrected chi connectivity index (χ3v) is 6.70. The van der Waals surface area contributed by atoms with E-state index in [9.17, 15) is 13.2 Å². The number of oxazole rings is 1. The highest BCUT2D eigenvalue weighted by molar-refractivity contribution is 7.89. The van der Waals surface area contributed by atoms with Gasteiger partial charge in [0.15, 0.2) is 5.69 Å². The summed E-state index contributed by atoms with van der Waals surface area (Å²) in [7, 11) is -0.899. The summed E-state index contributed by atoms with van der Waals surface area (Å²) in [6, 6.07) is 8.18. The molecule has 2 aromatic heterocycles. The van der Waals surface area contributed by atoms with Crippen LogP contribution in [0.5, 0.6) is 5.75 Å². The van der Waals surface area contributed by atoms with Crippen LogP contribution in [0.25, 0.3) is 10.8 Å². The minimum Gasteiger partial charge on any atom is -0.492 e. The van der Waals surface area contributed by atoms with Crippen LogP contribution in [-0.4, -0.2) is 44.3 Å². The monoisotopic (exact) mass is 435 g/mol. The van der Waals surface area contributed by atoms with E-state index in [1.807, 2.05) is 17.5 Å². The van der Waals surface area contributed by atoms with Crippen molar-refractivity contribution in [1.29, 1.82) is 0 Å². The molecule has 0 saturated carbocycles. The minimum atomic E-state index is -3.76. The first kappa shape index (κ1) is 21.0. The molecular weight excluding hydrogens is 414 g/mol. The number of rotatable bonds is 7. The van der Waals surface area contributed by atoms with Gasteiger partial charge in [-0.2, -0.15) is 0 Å². The van der Waals surface area contributed by atoms with Gasteiger partial charge in [-0.05, 0) is 43.5 Å². The van der Waals surface area contributed by atoms with Crippen LogP contribution in [-0.2, 0) is 10.0 Å². The minimum absolute atomic E-state index is 0.0294. The van der Waals surface area contributed by atoms with Crippen molar-refractivity contribution >= 4 is 33.0 Å². The number of hydrogen-bond acceptors (Lipinski definition) is 7. The molecule has 1 aromatic carbocycles. The average Bonchev–Trinajstić information content (AvgIpc) is 3.32. The Labute approximate surface area is 173 Å². The zero-order chi connectivity index (χ0) is 21.2. The zero-order valence-corrected chi connectivity index (χ0v) is 18.1. The van der Waals surface area contributed by atoms with Crippen molar-refractivity contribution in [3.05, 3.63) is 47.2 Å². The molecule has 0 spiro atoms. The Balaban J connectivity index is 1.91. The lowest BCUT2D eigenvalue weighted by Crippen LogP contribution is -2.23. The molecule has 0 aliphatic carbocycles. The van der Waals surface area contributed by atoms with Crippen molar-refractivity contribution in [2.24, 2.45) is 0 Å². The average molecular weight is 436 g/mol. The van der Waals surface area contributed by atoms with Gasteiger partial charge < -0.3 is 14.5 Å². The van der Waals surface area contributed by atoms with Crippen LogP contribution in [0.4, 0.5) is 5.69 Å². The number of carbonyl (C=O) groups is 1. The van der Waals surface area contributed by atoms with Gasteiger partial charge in [-0.3, -0.25) is 4.79 Å². The summed E-state index contributed by atoms with van der Waals surface area (Å²) in [6.07, 6.45) is 0. The van der Waals surface area contributed by atoms with Gasteiger partial charge in [-0.1, -0.05) is 6.07 Å². The van der Waals surface area contributed by atoms with Gasteiger partial charge >= 0.3 is 0 Å². The Morgan fingerprint density at radius 3 is 2.69 bits per heavy atom. The molecule has 154 valence electrons. The molecule has 0 bridgehead atoms. The van der Waals surface area contributed by atoms with E-state index in [1.165, 1.54) is 37.6 Å². The SMILES string of the molecule is CCOc1ccc(NC(=O)c2nc(-c3cccs3)oc2C)cc1S(=O)(=O)N(C)C. The number of aryl methyl sites for hydroxylation is 1. The van der Waals surface area contributed by atoms with Crippen molar-refractivity contribution in [1.82, 2.24) is 9.29 Å². The molecule has 0 radical (unpaired) electrons. The number of sulfonamides is 1. The van der Waals surface area contributed by atoms with E-state index in [0.717, 1.165) is 9.18 Å². The molecule has 10 heteroatoms. The third kappa shape index (κ3) is 4.34. The molecule has 3 aromatic rings. The number of nitrogens with one attached hydrogen (secondary N) is 1. The lowest BCUT2D eigenvalue weighted by Gasteiger charge is -2.16. The van der Waals surface area contributed by atoms with Crippen LogP contribution in [0.15, 0.2) is 45.0 Å². The number of anilines is 1. The summed E-state index contributed by atoms with van der Waals surface area (Å²) in [5.74, 6) is 0.464. The summed E-state index contributed by atoms with van der Waals surface area (Å²) in [5, 5.41) is 4.57. The number of amides is 1. The van der Waals surface area contributed by atoms with E-state index < -0.39 is 15.9 Å². The largest absolute Gasteiger partial charge is 0.492 e. The Hall–Kier alpha value is -2.69. The molecule has 2 heterocycles. The van der Waals surface area contributed by atoms with E-state index >= 15 is 0 Å². The smallest absolute Gasteiger partial charge is 0.277 e. The second-order valence-electron chi connectivity index (χ2n) is 6.24. The number of benzene rings is 1. The van der Waals surface area contributed by atoms with Crippen LogP contribution < -0.4 is 10.1 Å². The topological polar surface area (TPSA) is 102 Å². The predicted octanol–water partition coefficient (Wildman–Crippen LogP) is 3.61. The molecule has 0 saturated heterocycles. The summed E-state index contributed by atoms with van der Waals surface area (Å²) < 4.78 is 37.4. The summed E-state index contributed by atoms with van der Waals surface area (Å²) in [6.45, 7) is 3.73. The molecular formula is C19H21N3O5S2. The van der Waals surface area contributed by atoms with E-state index in [2.05, 4.69) is 10.3 Å². The fourth-order valence-corrected chi connectivity index (χ4v) is 4.26. The molecule has 0 aliphatic rings. The standard InChI is InChI=1S/C19H21N3O5S2/c1-5-26-14-9-8-13(11-16(14)29(24,25)22(3)4)20-18(23)17-12(2)27-19(21-17)15-7-6-10-28-15/h6-11H,5H2,1-4H3,(H,20,23). The van der Waals surface area contributed by atoms with E-state index in [4.69, 9.17) is 9.15 Å². The normalized spacial score (nSPS) is 11.6. The quantitative estimate of drug-likeness (QED) is 0.608. The van der Waals surface area contributed by atoms with Crippen LogP contribution >= 0.6 is 11.3 Å². The van der Waals surface area contributed by atoms with Crippen molar-refractivity contribution in [3.63, 3.8) is 0 Å².